The van der Waals surface area contributed by atoms with Crippen molar-refractivity contribution in [2.75, 3.05) is 20.7 Å². The summed E-state index contributed by atoms with van der Waals surface area (Å²) in [5.41, 5.74) is 1.02. The number of carbonyl (C=O) groups excluding carboxylic acids is 1. The van der Waals surface area contributed by atoms with Crippen LogP contribution >= 0.6 is 15.9 Å². The van der Waals surface area contributed by atoms with E-state index in [4.69, 9.17) is 4.74 Å². The Morgan fingerprint density at radius 1 is 1.62 bits per heavy atom. The van der Waals surface area contributed by atoms with Gasteiger partial charge in [0, 0.05) is 10.0 Å². The number of ether oxygens (including phenoxy) is 1. The molecule has 0 heterocycles. The summed E-state index contributed by atoms with van der Waals surface area (Å²) in [6, 6.07) is 1.60. The van der Waals surface area contributed by atoms with Gasteiger partial charge in [0.15, 0.2) is 17.3 Å². The second kappa shape index (κ2) is 5.32. The highest BCUT2D eigenvalue weighted by molar-refractivity contribution is 9.10. The molecule has 2 N–H and O–H groups in total. The van der Waals surface area contributed by atoms with E-state index >= 15 is 0 Å². The highest BCUT2D eigenvalue weighted by Crippen LogP contribution is 2.38. The first kappa shape index (κ1) is 13.0. The van der Waals surface area contributed by atoms with Crippen molar-refractivity contribution in [3.63, 3.8) is 0 Å². The Hall–Kier alpha value is -1.07. The first-order valence-electron chi connectivity index (χ1n) is 4.76. The van der Waals surface area contributed by atoms with Crippen molar-refractivity contribution in [3.05, 3.63) is 21.7 Å². The third-order valence-electron chi connectivity index (χ3n) is 2.28. The van der Waals surface area contributed by atoms with Gasteiger partial charge in [-0.25, -0.2) is 0 Å². The van der Waals surface area contributed by atoms with Crippen molar-refractivity contribution >= 4 is 21.7 Å². The Bertz CT molecular complexity index is 418. The van der Waals surface area contributed by atoms with Crippen molar-refractivity contribution in [3.8, 4) is 11.5 Å². The van der Waals surface area contributed by atoms with E-state index in [-0.39, 0.29) is 23.6 Å². The number of likely N-dealkylation sites (N-methyl/N-ethyl adjacent to an activating group) is 1. The molecule has 0 fully saturated rings. The molecule has 16 heavy (non-hydrogen) atoms. The van der Waals surface area contributed by atoms with Crippen molar-refractivity contribution in [2.24, 2.45) is 0 Å². The van der Waals surface area contributed by atoms with Crippen LogP contribution in [0.3, 0.4) is 0 Å². The standard InChI is InChI=1S/C11H14BrNO3/c1-6-8(12)4-7(9(14)5-13-2)10(15)11(6)16-3/h4,13,15H,5H2,1-3H3. The summed E-state index contributed by atoms with van der Waals surface area (Å²) in [6.07, 6.45) is 0. The van der Waals surface area contributed by atoms with E-state index in [0.717, 1.165) is 10.0 Å². The lowest BCUT2D eigenvalue weighted by Crippen LogP contribution is -2.18. The number of ketones is 1. The Balaban J connectivity index is 3.31. The molecular weight excluding hydrogens is 274 g/mol. The average molecular weight is 288 g/mol. The first-order valence-corrected chi connectivity index (χ1v) is 5.56. The Morgan fingerprint density at radius 2 is 2.25 bits per heavy atom. The van der Waals surface area contributed by atoms with Gasteiger partial charge in [0.25, 0.3) is 0 Å². The quantitative estimate of drug-likeness (QED) is 0.830. The number of hydrogen-bond donors (Lipinski definition) is 2. The molecule has 0 aliphatic heterocycles. The van der Waals surface area contributed by atoms with Gasteiger partial charge in [-0.3, -0.25) is 4.79 Å². The molecule has 0 saturated carbocycles. The molecule has 5 heteroatoms. The number of carbonyl (C=O) groups is 1. The second-order valence-corrected chi connectivity index (χ2v) is 4.22. The molecule has 0 aromatic heterocycles. The van der Waals surface area contributed by atoms with Crippen LogP contribution in [0.2, 0.25) is 0 Å². The molecule has 0 radical (unpaired) electrons. The number of methoxy groups -OCH3 is 1. The number of phenolic OH excluding ortho intramolecular Hbond substituents is 1. The molecular formula is C11H14BrNO3. The van der Waals surface area contributed by atoms with E-state index in [1.54, 1.807) is 20.0 Å². The van der Waals surface area contributed by atoms with Gasteiger partial charge in [0.1, 0.15) is 0 Å². The summed E-state index contributed by atoms with van der Waals surface area (Å²) in [4.78, 5) is 11.7. The fraction of sp³-hybridized carbons (Fsp3) is 0.364. The normalized spacial score (nSPS) is 10.2. The monoisotopic (exact) mass is 287 g/mol. The van der Waals surface area contributed by atoms with Gasteiger partial charge in [0.2, 0.25) is 0 Å². The van der Waals surface area contributed by atoms with E-state index in [0.29, 0.717) is 5.75 Å². The smallest absolute Gasteiger partial charge is 0.180 e. The minimum atomic E-state index is -0.181. The summed E-state index contributed by atoms with van der Waals surface area (Å²) < 4.78 is 5.81. The highest BCUT2D eigenvalue weighted by atomic mass is 79.9. The maximum atomic E-state index is 11.7. The Labute approximate surface area is 103 Å². The van der Waals surface area contributed by atoms with Crippen LogP contribution in [0, 0.1) is 6.92 Å². The number of nitrogens with one attached hydrogen (secondary N) is 1. The molecule has 4 nitrogen and oxygen atoms in total. The summed E-state index contributed by atoms with van der Waals surface area (Å²) in [6.45, 7) is 1.97. The largest absolute Gasteiger partial charge is 0.504 e. The van der Waals surface area contributed by atoms with Crippen molar-refractivity contribution in [1.29, 1.82) is 0 Å². The van der Waals surface area contributed by atoms with Gasteiger partial charge in [-0.05, 0) is 20.0 Å². The summed E-state index contributed by atoms with van der Waals surface area (Å²) in [7, 11) is 3.14. The van der Waals surface area contributed by atoms with Gasteiger partial charge < -0.3 is 15.2 Å². The number of rotatable bonds is 4. The number of hydrogen-bond acceptors (Lipinski definition) is 4. The van der Waals surface area contributed by atoms with Crippen LogP contribution in [0.15, 0.2) is 10.5 Å². The van der Waals surface area contributed by atoms with Crippen LogP contribution in [0.1, 0.15) is 15.9 Å². The molecule has 0 unspecified atom stereocenters. The molecule has 1 aromatic rings. The van der Waals surface area contributed by atoms with Gasteiger partial charge >= 0.3 is 0 Å². The Morgan fingerprint density at radius 3 is 2.75 bits per heavy atom. The number of Topliss-reactive ketones (excluding diaryl/α,β-unsaturated/α-hetero) is 1. The number of halogens is 1. The van der Waals surface area contributed by atoms with Crippen molar-refractivity contribution in [2.45, 2.75) is 6.92 Å². The van der Waals surface area contributed by atoms with E-state index in [1.165, 1.54) is 7.11 Å². The van der Waals surface area contributed by atoms with Crippen molar-refractivity contribution in [1.82, 2.24) is 5.32 Å². The molecule has 0 atom stereocenters. The molecule has 1 aromatic carbocycles. The third-order valence-corrected chi connectivity index (χ3v) is 3.11. The number of benzene rings is 1. The maximum Gasteiger partial charge on any atom is 0.180 e. The van der Waals surface area contributed by atoms with Crippen LogP contribution in [-0.4, -0.2) is 31.6 Å². The number of aromatic hydroxyl groups is 1. The summed E-state index contributed by atoms with van der Waals surface area (Å²) in [5, 5.41) is 12.6. The molecule has 0 bridgehead atoms. The fourth-order valence-electron chi connectivity index (χ4n) is 1.43. The van der Waals surface area contributed by atoms with Crippen LogP contribution in [0.25, 0.3) is 0 Å². The second-order valence-electron chi connectivity index (χ2n) is 3.37. The SMILES string of the molecule is CNCC(=O)c1cc(Br)c(C)c(OC)c1O. The van der Waals surface area contributed by atoms with E-state index in [2.05, 4.69) is 21.2 Å². The first-order chi connectivity index (χ1) is 7.52. The lowest BCUT2D eigenvalue weighted by molar-refractivity contribution is 0.0990. The zero-order chi connectivity index (χ0) is 12.3. The molecule has 0 spiro atoms. The molecule has 88 valence electrons. The molecule has 0 saturated heterocycles. The lowest BCUT2D eigenvalue weighted by atomic mass is 10.1. The van der Waals surface area contributed by atoms with Crippen LogP contribution in [0.4, 0.5) is 0 Å². The highest BCUT2D eigenvalue weighted by Gasteiger charge is 2.18. The van der Waals surface area contributed by atoms with Gasteiger partial charge in [-0.1, -0.05) is 15.9 Å². The van der Waals surface area contributed by atoms with Crippen LogP contribution in [0.5, 0.6) is 11.5 Å². The van der Waals surface area contributed by atoms with Crippen LogP contribution < -0.4 is 10.1 Å². The van der Waals surface area contributed by atoms with Crippen LogP contribution in [-0.2, 0) is 0 Å². The third kappa shape index (κ3) is 2.36. The zero-order valence-electron chi connectivity index (χ0n) is 9.43. The lowest BCUT2D eigenvalue weighted by Gasteiger charge is -2.12. The minimum absolute atomic E-state index is 0.108. The molecule has 0 aliphatic carbocycles. The molecule has 1 rings (SSSR count). The number of phenols is 1. The zero-order valence-corrected chi connectivity index (χ0v) is 11.0. The topological polar surface area (TPSA) is 58.6 Å². The fourth-order valence-corrected chi connectivity index (χ4v) is 1.84. The maximum absolute atomic E-state index is 11.7. The van der Waals surface area contributed by atoms with E-state index in [9.17, 15) is 9.90 Å². The van der Waals surface area contributed by atoms with Crippen molar-refractivity contribution < 1.29 is 14.6 Å². The van der Waals surface area contributed by atoms with E-state index in [1.807, 2.05) is 0 Å². The predicted octanol–water partition coefficient (Wildman–Crippen LogP) is 1.87. The van der Waals surface area contributed by atoms with E-state index < -0.39 is 0 Å². The minimum Gasteiger partial charge on any atom is -0.504 e. The van der Waals surface area contributed by atoms with Gasteiger partial charge in [-0.2, -0.15) is 0 Å². The predicted molar refractivity (Wildman–Crippen MR) is 65.4 cm³/mol. The molecule has 0 aliphatic rings. The summed E-state index contributed by atoms with van der Waals surface area (Å²) >= 11 is 3.33. The average Bonchev–Trinajstić information content (AvgIpc) is 2.24. The Kier molecular flexibility index (Phi) is 4.32. The molecule has 0 amide bonds. The van der Waals surface area contributed by atoms with Gasteiger partial charge in [0.05, 0.1) is 19.2 Å². The summed E-state index contributed by atoms with van der Waals surface area (Å²) in [5.74, 6) is 0.0382. The van der Waals surface area contributed by atoms with Gasteiger partial charge in [-0.15, -0.1) is 0 Å².